The molecule has 0 spiro atoms. The highest BCUT2D eigenvalue weighted by Crippen LogP contribution is 2.29. The number of H-pyrrole nitrogens is 1. The van der Waals surface area contributed by atoms with E-state index in [9.17, 15) is 13.2 Å². The highest BCUT2D eigenvalue weighted by Gasteiger charge is 2.26. The Morgan fingerprint density at radius 3 is 2.56 bits per heavy atom. The quantitative estimate of drug-likeness (QED) is 0.614. The number of benzene rings is 2. The Labute approximate surface area is 150 Å². The summed E-state index contributed by atoms with van der Waals surface area (Å²) in [5.41, 5.74) is 6.65. The Morgan fingerprint density at radius 1 is 1.16 bits per heavy atom. The van der Waals surface area contributed by atoms with Gasteiger partial charge in [-0.15, -0.1) is 0 Å². The van der Waals surface area contributed by atoms with Gasteiger partial charge >= 0.3 is 0 Å². The number of hydrogen-bond acceptors (Lipinski definition) is 3. The van der Waals surface area contributed by atoms with Crippen LogP contribution in [0.15, 0.2) is 53.4 Å². The van der Waals surface area contributed by atoms with Gasteiger partial charge in [-0.1, -0.05) is 41.9 Å². The third-order valence-electron chi connectivity index (χ3n) is 3.78. The fraction of sp³-hybridized carbons (Fsp3) is 0.118. The molecular weight excluding hydrogens is 362 g/mol. The molecule has 1 heterocycles. The Morgan fingerprint density at radius 2 is 1.88 bits per heavy atom. The molecule has 4 N–H and O–H groups in total. The number of amides is 1. The van der Waals surface area contributed by atoms with Crippen LogP contribution >= 0.6 is 11.6 Å². The summed E-state index contributed by atoms with van der Waals surface area (Å²) in [6.45, 7) is 0.192. The van der Waals surface area contributed by atoms with Gasteiger partial charge in [-0.25, -0.2) is 13.1 Å². The molecule has 0 saturated heterocycles. The summed E-state index contributed by atoms with van der Waals surface area (Å²) < 4.78 is 28.0. The predicted molar refractivity (Wildman–Crippen MR) is 97.2 cm³/mol. The topological polar surface area (TPSA) is 105 Å². The highest BCUT2D eigenvalue weighted by molar-refractivity contribution is 7.89. The van der Waals surface area contributed by atoms with E-state index in [4.69, 9.17) is 17.3 Å². The van der Waals surface area contributed by atoms with Crippen LogP contribution < -0.4 is 10.5 Å². The molecule has 8 heteroatoms. The fourth-order valence-electron chi connectivity index (χ4n) is 2.64. The Hall–Kier alpha value is -2.35. The van der Waals surface area contributed by atoms with Crippen molar-refractivity contribution >= 4 is 38.4 Å². The number of aromatic amines is 1. The van der Waals surface area contributed by atoms with Crippen LogP contribution in [-0.2, 0) is 16.4 Å². The zero-order chi connectivity index (χ0) is 18.0. The van der Waals surface area contributed by atoms with Crippen LogP contribution in [0.5, 0.6) is 0 Å². The maximum atomic E-state index is 12.8. The molecule has 1 amide bonds. The first kappa shape index (κ1) is 17.5. The lowest BCUT2D eigenvalue weighted by atomic mass is 10.2. The number of sulfonamides is 1. The third-order valence-corrected chi connectivity index (χ3v) is 5.56. The minimum Gasteiger partial charge on any atom is -0.364 e. The summed E-state index contributed by atoms with van der Waals surface area (Å²) in [5, 5.41) is 0.691. The van der Waals surface area contributed by atoms with Gasteiger partial charge in [-0.2, -0.15) is 0 Å². The monoisotopic (exact) mass is 377 g/mol. The van der Waals surface area contributed by atoms with Crippen molar-refractivity contribution in [2.75, 3.05) is 6.54 Å². The van der Waals surface area contributed by atoms with E-state index in [1.165, 1.54) is 6.07 Å². The average Bonchev–Trinajstić information content (AvgIpc) is 2.95. The number of primary amides is 1. The Balaban J connectivity index is 1.94. The number of halogens is 1. The number of hydrogen-bond donors (Lipinski definition) is 3. The minimum atomic E-state index is -3.95. The molecule has 0 atom stereocenters. The van der Waals surface area contributed by atoms with Crippen molar-refractivity contribution in [3.05, 3.63) is 64.8 Å². The summed E-state index contributed by atoms with van der Waals surface area (Å²) >= 11 is 5.97. The molecule has 0 bridgehead atoms. The molecule has 3 rings (SSSR count). The van der Waals surface area contributed by atoms with Gasteiger partial charge in [0.2, 0.25) is 10.0 Å². The second kappa shape index (κ2) is 6.87. The third kappa shape index (κ3) is 3.68. The number of carbonyl (C=O) groups is 1. The van der Waals surface area contributed by atoms with Gasteiger partial charge < -0.3 is 10.7 Å². The van der Waals surface area contributed by atoms with Crippen molar-refractivity contribution in [3.8, 4) is 0 Å². The molecule has 0 aliphatic rings. The second-order valence-electron chi connectivity index (χ2n) is 5.52. The molecule has 1 aromatic heterocycles. The van der Waals surface area contributed by atoms with Crippen LogP contribution in [0.2, 0.25) is 5.02 Å². The van der Waals surface area contributed by atoms with Gasteiger partial charge in [-0.3, -0.25) is 4.79 Å². The van der Waals surface area contributed by atoms with Crippen molar-refractivity contribution in [1.29, 1.82) is 0 Å². The van der Waals surface area contributed by atoms with Gasteiger partial charge in [-0.05, 0) is 30.2 Å². The van der Waals surface area contributed by atoms with E-state index in [1.54, 1.807) is 12.1 Å². The predicted octanol–water partition coefficient (Wildman–Crippen LogP) is 2.44. The molecule has 6 nitrogen and oxygen atoms in total. The van der Waals surface area contributed by atoms with Gasteiger partial charge in [0.05, 0.1) is 0 Å². The Kier molecular flexibility index (Phi) is 4.80. The first-order valence-corrected chi connectivity index (χ1v) is 9.39. The van der Waals surface area contributed by atoms with E-state index in [0.717, 1.165) is 5.56 Å². The zero-order valence-corrected chi connectivity index (χ0v) is 14.7. The number of carbonyl (C=O) groups excluding carboxylic acids is 1. The molecule has 0 fully saturated rings. The first-order valence-electron chi connectivity index (χ1n) is 7.53. The van der Waals surface area contributed by atoms with E-state index >= 15 is 0 Å². The molecular formula is C17H16ClN3O3S. The van der Waals surface area contributed by atoms with Crippen molar-refractivity contribution < 1.29 is 13.2 Å². The van der Waals surface area contributed by atoms with Gasteiger partial charge in [0.25, 0.3) is 5.91 Å². The maximum Gasteiger partial charge on any atom is 0.266 e. The van der Waals surface area contributed by atoms with Crippen molar-refractivity contribution in [2.24, 2.45) is 5.73 Å². The van der Waals surface area contributed by atoms with Gasteiger partial charge in [0.1, 0.15) is 10.6 Å². The molecule has 0 saturated carbocycles. The zero-order valence-electron chi connectivity index (χ0n) is 13.1. The van der Waals surface area contributed by atoms with E-state index in [2.05, 4.69) is 9.71 Å². The van der Waals surface area contributed by atoms with Crippen LogP contribution in [0.4, 0.5) is 0 Å². The minimum absolute atomic E-state index is 0.163. The number of fused-ring (bicyclic) bond motifs is 1. The summed E-state index contributed by atoms with van der Waals surface area (Å²) in [5.74, 6) is -0.851. The fourth-order valence-corrected chi connectivity index (χ4v) is 4.20. The maximum absolute atomic E-state index is 12.8. The van der Waals surface area contributed by atoms with Crippen LogP contribution in [-0.4, -0.2) is 25.9 Å². The normalized spacial score (nSPS) is 11.7. The van der Waals surface area contributed by atoms with Gasteiger partial charge in [0, 0.05) is 22.5 Å². The summed E-state index contributed by atoms with van der Waals surface area (Å²) in [6, 6.07) is 14.2. The smallest absolute Gasteiger partial charge is 0.266 e. The number of nitrogens with one attached hydrogen (secondary N) is 2. The standard InChI is InChI=1S/C17H16ClN3O3S/c18-12-6-7-14-13(10-12)16(15(21-14)17(19)22)25(23,24)20-9-8-11-4-2-1-3-5-11/h1-7,10,20-21H,8-9H2,(H2,19,22). The Bertz CT molecular complexity index is 1030. The number of aromatic nitrogens is 1. The van der Waals surface area contributed by atoms with Crippen molar-refractivity contribution in [1.82, 2.24) is 9.71 Å². The van der Waals surface area contributed by atoms with Crippen LogP contribution in [0, 0.1) is 0 Å². The second-order valence-corrected chi connectivity index (χ2v) is 7.66. The lowest BCUT2D eigenvalue weighted by Gasteiger charge is -2.08. The van der Waals surface area contributed by atoms with Crippen LogP contribution in [0.3, 0.4) is 0 Å². The molecule has 0 radical (unpaired) electrons. The average molecular weight is 378 g/mol. The summed E-state index contributed by atoms with van der Waals surface area (Å²) in [6.07, 6.45) is 0.523. The van der Waals surface area contributed by atoms with E-state index in [0.29, 0.717) is 22.3 Å². The van der Waals surface area contributed by atoms with E-state index in [1.807, 2.05) is 30.3 Å². The lowest BCUT2D eigenvalue weighted by Crippen LogP contribution is -2.28. The molecule has 3 aromatic rings. The lowest BCUT2D eigenvalue weighted by molar-refractivity contribution is 0.0993. The highest BCUT2D eigenvalue weighted by atomic mass is 35.5. The summed E-state index contributed by atoms with van der Waals surface area (Å²) in [7, 11) is -3.95. The molecule has 25 heavy (non-hydrogen) atoms. The molecule has 2 aromatic carbocycles. The largest absolute Gasteiger partial charge is 0.364 e. The summed E-state index contributed by atoms with van der Waals surface area (Å²) in [4.78, 5) is 14.3. The molecule has 0 aliphatic carbocycles. The van der Waals surface area contributed by atoms with Crippen molar-refractivity contribution in [2.45, 2.75) is 11.3 Å². The van der Waals surface area contributed by atoms with Gasteiger partial charge in [0.15, 0.2) is 0 Å². The van der Waals surface area contributed by atoms with E-state index in [-0.39, 0.29) is 17.1 Å². The SMILES string of the molecule is NC(=O)c1[nH]c2ccc(Cl)cc2c1S(=O)(=O)NCCc1ccccc1. The molecule has 130 valence electrons. The number of rotatable bonds is 6. The first-order chi connectivity index (χ1) is 11.9. The van der Waals surface area contributed by atoms with Crippen LogP contribution in [0.1, 0.15) is 16.1 Å². The van der Waals surface area contributed by atoms with Crippen molar-refractivity contribution in [3.63, 3.8) is 0 Å². The van der Waals surface area contributed by atoms with Crippen LogP contribution in [0.25, 0.3) is 10.9 Å². The molecule has 0 aliphatic heterocycles. The number of nitrogens with two attached hydrogens (primary N) is 1. The van der Waals surface area contributed by atoms with E-state index < -0.39 is 15.9 Å². The molecule has 0 unspecified atom stereocenters.